The van der Waals surface area contributed by atoms with Crippen molar-refractivity contribution in [3.8, 4) is 5.95 Å². The zero-order chi connectivity index (χ0) is 17.4. The minimum Gasteiger partial charge on any atom is -0.331 e. The van der Waals surface area contributed by atoms with Crippen molar-refractivity contribution in [1.29, 1.82) is 0 Å². The second-order valence-electron chi connectivity index (χ2n) is 5.45. The van der Waals surface area contributed by atoms with Crippen LogP contribution < -0.4 is 5.56 Å². The molecule has 2 aromatic carbocycles. The summed E-state index contributed by atoms with van der Waals surface area (Å²) in [5.74, 6) is -0.173. The molecule has 25 heavy (non-hydrogen) atoms. The molecule has 2 heterocycles. The molecule has 8 heteroatoms. The lowest BCUT2D eigenvalue weighted by atomic mass is 10.2. The highest BCUT2D eigenvalue weighted by atomic mass is 32.1. The van der Waals surface area contributed by atoms with E-state index in [1.54, 1.807) is 36.4 Å². The second kappa shape index (κ2) is 6.06. The van der Waals surface area contributed by atoms with E-state index >= 15 is 0 Å². The molecule has 0 atom stereocenters. The van der Waals surface area contributed by atoms with Gasteiger partial charge in [0.15, 0.2) is 4.77 Å². The third-order valence-corrected chi connectivity index (χ3v) is 4.10. The first-order valence-corrected chi connectivity index (χ1v) is 7.91. The maximum Gasteiger partial charge on any atom is 0.269 e. The normalized spacial score (nSPS) is 11.1. The summed E-state index contributed by atoms with van der Waals surface area (Å²) in [6.45, 7) is 0.207. The number of aromatic nitrogens is 5. The van der Waals surface area contributed by atoms with E-state index in [-0.39, 0.29) is 28.6 Å². The van der Waals surface area contributed by atoms with Crippen LogP contribution in [0, 0.1) is 10.6 Å². The highest BCUT2D eigenvalue weighted by molar-refractivity contribution is 7.71. The molecule has 6 nitrogen and oxygen atoms in total. The minimum absolute atomic E-state index is 0.147. The smallest absolute Gasteiger partial charge is 0.269 e. The summed E-state index contributed by atoms with van der Waals surface area (Å²) < 4.78 is 16.7. The van der Waals surface area contributed by atoms with Crippen LogP contribution in [0.25, 0.3) is 16.9 Å². The third-order valence-electron chi connectivity index (χ3n) is 3.82. The van der Waals surface area contributed by atoms with Gasteiger partial charge in [0.1, 0.15) is 12.1 Å². The van der Waals surface area contributed by atoms with Crippen molar-refractivity contribution >= 4 is 23.1 Å². The van der Waals surface area contributed by atoms with Gasteiger partial charge in [0.05, 0.1) is 17.4 Å². The topological polar surface area (TPSA) is 68.5 Å². The number of nitrogens with one attached hydrogen (secondary N) is 1. The van der Waals surface area contributed by atoms with E-state index < -0.39 is 0 Å². The Morgan fingerprint density at radius 2 is 1.88 bits per heavy atom. The Hall–Kier alpha value is -3.13. The predicted molar refractivity (Wildman–Crippen MR) is 93.8 cm³/mol. The summed E-state index contributed by atoms with van der Waals surface area (Å²) in [5.41, 5.74) is 0.831. The van der Waals surface area contributed by atoms with Gasteiger partial charge in [0.25, 0.3) is 11.5 Å². The Balaban J connectivity index is 1.78. The number of halogens is 1. The summed E-state index contributed by atoms with van der Waals surface area (Å²) in [6.07, 6.45) is 1.44. The standard InChI is InChI=1S/C17H12FN5OS/c18-13-7-3-1-5-11(13)9-22-10-19-16(21-22)23-15(24)12-6-2-4-8-14(12)20-17(23)25/h1-8,10H,9H2,(H,20,25). The molecule has 124 valence electrons. The molecule has 0 radical (unpaired) electrons. The van der Waals surface area contributed by atoms with Crippen LogP contribution in [-0.2, 0) is 6.54 Å². The van der Waals surface area contributed by atoms with Crippen molar-refractivity contribution in [1.82, 2.24) is 24.3 Å². The predicted octanol–water partition coefficient (Wildman–Crippen LogP) is 2.83. The van der Waals surface area contributed by atoms with Crippen LogP contribution in [0.1, 0.15) is 5.56 Å². The summed E-state index contributed by atoms with van der Waals surface area (Å²) >= 11 is 5.27. The van der Waals surface area contributed by atoms with Crippen LogP contribution in [0.2, 0.25) is 0 Å². The molecule has 4 aromatic rings. The Morgan fingerprint density at radius 3 is 2.72 bits per heavy atom. The zero-order valence-corrected chi connectivity index (χ0v) is 13.7. The van der Waals surface area contributed by atoms with Gasteiger partial charge in [-0.15, -0.1) is 5.10 Å². The number of aromatic amines is 1. The Labute approximate surface area is 146 Å². The number of benzene rings is 2. The highest BCUT2D eigenvalue weighted by Gasteiger charge is 2.12. The molecule has 0 aliphatic heterocycles. The molecule has 0 fully saturated rings. The van der Waals surface area contributed by atoms with Crippen LogP contribution in [0.4, 0.5) is 4.39 Å². The van der Waals surface area contributed by atoms with E-state index in [9.17, 15) is 9.18 Å². The third kappa shape index (κ3) is 2.76. The Morgan fingerprint density at radius 1 is 1.12 bits per heavy atom. The van der Waals surface area contributed by atoms with Gasteiger partial charge in [0.2, 0.25) is 0 Å². The van der Waals surface area contributed by atoms with Gasteiger partial charge in [-0.3, -0.25) is 4.79 Å². The van der Waals surface area contributed by atoms with E-state index in [1.165, 1.54) is 21.6 Å². The van der Waals surface area contributed by atoms with Crippen LogP contribution in [0.3, 0.4) is 0 Å². The largest absolute Gasteiger partial charge is 0.331 e. The van der Waals surface area contributed by atoms with Gasteiger partial charge in [0, 0.05) is 5.56 Å². The molecule has 0 unspecified atom stereocenters. The van der Waals surface area contributed by atoms with Crippen LogP contribution in [-0.4, -0.2) is 24.3 Å². The van der Waals surface area contributed by atoms with Crippen molar-refractivity contribution in [3.63, 3.8) is 0 Å². The van der Waals surface area contributed by atoms with Crippen molar-refractivity contribution in [2.24, 2.45) is 0 Å². The van der Waals surface area contributed by atoms with E-state index in [2.05, 4.69) is 15.1 Å². The Kier molecular flexibility index (Phi) is 3.73. The van der Waals surface area contributed by atoms with Crippen molar-refractivity contribution in [2.75, 3.05) is 0 Å². The van der Waals surface area contributed by atoms with E-state index in [0.29, 0.717) is 16.5 Å². The lowest BCUT2D eigenvalue weighted by molar-refractivity contribution is 0.583. The van der Waals surface area contributed by atoms with Crippen molar-refractivity contribution in [2.45, 2.75) is 6.54 Å². The number of hydrogen-bond acceptors (Lipinski definition) is 4. The summed E-state index contributed by atoms with van der Waals surface area (Å²) in [5, 5.41) is 4.75. The van der Waals surface area contributed by atoms with Crippen molar-refractivity contribution < 1.29 is 4.39 Å². The summed E-state index contributed by atoms with van der Waals surface area (Å²) in [6, 6.07) is 13.5. The summed E-state index contributed by atoms with van der Waals surface area (Å²) in [7, 11) is 0. The molecule has 1 N–H and O–H groups in total. The molecule has 2 aromatic heterocycles. The maximum atomic E-state index is 13.8. The monoisotopic (exact) mass is 353 g/mol. The van der Waals surface area contributed by atoms with Gasteiger partial charge in [-0.25, -0.2) is 13.6 Å². The molecule has 4 rings (SSSR count). The first-order valence-electron chi connectivity index (χ1n) is 7.51. The second-order valence-corrected chi connectivity index (χ2v) is 5.84. The molecular formula is C17H12FN5OS. The minimum atomic E-state index is -0.320. The van der Waals surface area contributed by atoms with E-state index in [0.717, 1.165) is 0 Å². The lowest BCUT2D eigenvalue weighted by Crippen LogP contribution is -2.21. The number of hydrogen-bond donors (Lipinski definition) is 1. The number of para-hydroxylation sites is 1. The van der Waals surface area contributed by atoms with Gasteiger partial charge in [-0.2, -0.15) is 4.98 Å². The van der Waals surface area contributed by atoms with E-state index in [1.807, 2.05) is 6.07 Å². The summed E-state index contributed by atoms with van der Waals surface area (Å²) in [4.78, 5) is 19.8. The first kappa shape index (κ1) is 15.4. The quantitative estimate of drug-likeness (QED) is 0.575. The van der Waals surface area contributed by atoms with E-state index in [4.69, 9.17) is 12.2 Å². The van der Waals surface area contributed by atoms with Crippen LogP contribution in [0.15, 0.2) is 59.7 Å². The van der Waals surface area contributed by atoms with Gasteiger partial charge < -0.3 is 4.98 Å². The zero-order valence-electron chi connectivity index (χ0n) is 12.9. The fourth-order valence-corrected chi connectivity index (χ4v) is 2.88. The van der Waals surface area contributed by atoms with Crippen molar-refractivity contribution in [3.05, 3.63) is 81.4 Å². The SMILES string of the molecule is O=c1c2ccccc2[nH]c(=S)n1-c1ncn(Cc2ccccc2F)n1. The van der Waals surface area contributed by atoms with Gasteiger partial charge in [-0.05, 0) is 30.4 Å². The number of rotatable bonds is 3. The molecule has 0 saturated heterocycles. The average molecular weight is 353 g/mol. The number of fused-ring (bicyclic) bond motifs is 1. The van der Waals surface area contributed by atoms with Gasteiger partial charge >= 0.3 is 0 Å². The van der Waals surface area contributed by atoms with Gasteiger partial charge in [-0.1, -0.05) is 30.3 Å². The average Bonchev–Trinajstić information content (AvgIpc) is 3.05. The van der Waals surface area contributed by atoms with Crippen LogP contribution >= 0.6 is 12.2 Å². The maximum absolute atomic E-state index is 13.8. The first-order chi connectivity index (χ1) is 12.1. The molecule has 0 saturated carbocycles. The molecule has 0 bridgehead atoms. The molecule has 0 aliphatic rings. The number of nitrogens with zero attached hydrogens (tertiary/aromatic N) is 4. The fourth-order valence-electron chi connectivity index (χ4n) is 2.61. The highest BCUT2D eigenvalue weighted by Crippen LogP contribution is 2.10. The molecule has 0 aliphatic carbocycles. The molecule has 0 spiro atoms. The fraction of sp³-hybridized carbons (Fsp3) is 0.0588. The molecule has 0 amide bonds. The van der Waals surface area contributed by atoms with Crippen LogP contribution in [0.5, 0.6) is 0 Å². The Bertz CT molecular complexity index is 1190. The molecular weight excluding hydrogens is 341 g/mol. The number of H-pyrrole nitrogens is 1. The lowest BCUT2D eigenvalue weighted by Gasteiger charge is -2.04.